The molecule has 1 amide bonds. The van der Waals surface area contributed by atoms with Crippen LogP contribution in [0.15, 0.2) is 24.3 Å². The van der Waals surface area contributed by atoms with Crippen molar-refractivity contribution in [2.75, 3.05) is 6.54 Å². The third-order valence-electron chi connectivity index (χ3n) is 3.77. The Hall–Kier alpha value is -1.42. The van der Waals surface area contributed by atoms with Crippen LogP contribution in [0.5, 0.6) is 0 Å². The number of hydrogen-bond donors (Lipinski definition) is 1. The molecule has 0 radical (unpaired) electrons. The monoisotopic (exact) mass is 276 g/mol. The average molecular weight is 276 g/mol. The Morgan fingerprint density at radius 2 is 2.21 bits per heavy atom. The van der Waals surface area contributed by atoms with Crippen molar-refractivity contribution >= 4 is 23.1 Å². The van der Waals surface area contributed by atoms with Crippen LogP contribution in [0.4, 0.5) is 0 Å². The average Bonchev–Trinajstić information content (AvgIpc) is 2.87. The van der Waals surface area contributed by atoms with Gasteiger partial charge < -0.3 is 10.6 Å². The molecule has 102 valence electrons. The van der Waals surface area contributed by atoms with E-state index in [2.05, 4.69) is 19.1 Å². The molecule has 0 aromatic heterocycles. The van der Waals surface area contributed by atoms with Crippen LogP contribution < -0.4 is 5.73 Å². The summed E-state index contributed by atoms with van der Waals surface area (Å²) in [6.07, 6.45) is 3.22. The highest BCUT2D eigenvalue weighted by Crippen LogP contribution is 2.19. The minimum absolute atomic E-state index is 0.0284. The molecule has 0 aliphatic carbocycles. The molecule has 1 aromatic rings. The van der Waals surface area contributed by atoms with Crippen LogP contribution in [0.2, 0.25) is 0 Å². The van der Waals surface area contributed by atoms with Gasteiger partial charge in [-0.3, -0.25) is 4.79 Å². The molecule has 1 heterocycles. The van der Waals surface area contributed by atoms with Crippen LogP contribution in [-0.2, 0) is 11.2 Å². The van der Waals surface area contributed by atoms with E-state index in [0.717, 1.165) is 25.8 Å². The van der Waals surface area contributed by atoms with Crippen molar-refractivity contribution in [3.8, 4) is 0 Å². The second-order valence-corrected chi connectivity index (χ2v) is 5.55. The first kappa shape index (κ1) is 14.0. The van der Waals surface area contributed by atoms with Gasteiger partial charge in [0.15, 0.2) is 0 Å². The lowest BCUT2D eigenvalue weighted by Crippen LogP contribution is -2.42. The maximum Gasteiger partial charge on any atom is 0.223 e. The standard InChI is InChI=1S/C15H20N2OS/c1-11-5-2-3-6-12(11)8-9-14(18)17-10-4-7-13(17)15(16)19/h2-3,5-6,13H,4,7-10H2,1H3,(H2,16,19). The maximum atomic E-state index is 12.3. The van der Waals surface area contributed by atoms with Crippen molar-refractivity contribution in [3.05, 3.63) is 35.4 Å². The zero-order chi connectivity index (χ0) is 13.8. The number of carbonyl (C=O) groups excluding carboxylic acids is 1. The zero-order valence-electron chi connectivity index (χ0n) is 11.3. The number of nitrogens with zero attached hydrogens (tertiary/aromatic N) is 1. The number of amides is 1. The summed E-state index contributed by atoms with van der Waals surface area (Å²) in [6, 6.07) is 8.16. The molecular formula is C15H20N2OS. The van der Waals surface area contributed by atoms with E-state index in [1.165, 1.54) is 11.1 Å². The molecule has 0 bridgehead atoms. The molecule has 4 heteroatoms. The minimum Gasteiger partial charge on any atom is -0.392 e. The lowest BCUT2D eigenvalue weighted by molar-refractivity contribution is -0.130. The highest BCUT2D eigenvalue weighted by molar-refractivity contribution is 7.80. The van der Waals surface area contributed by atoms with Crippen LogP contribution in [0.3, 0.4) is 0 Å². The third-order valence-corrected chi connectivity index (χ3v) is 4.04. The van der Waals surface area contributed by atoms with Gasteiger partial charge in [0.25, 0.3) is 0 Å². The van der Waals surface area contributed by atoms with Gasteiger partial charge in [0.1, 0.15) is 0 Å². The highest BCUT2D eigenvalue weighted by Gasteiger charge is 2.30. The third kappa shape index (κ3) is 3.32. The fraction of sp³-hybridized carbons (Fsp3) is 0.467. The van der Waals surface area contributed by atoms with Gasteiger partial charge in [-0.15, -0.1) is 0 Å². The molecule has 1 saturated heterocycles. The van der Waals surface area contributed by atoms with E-state index >= 15 is 0 Å². The van der Waals surface area contributed by atoms with Gasteiger partial charge >= 0.3 is 0 Å². The van der Waals surface area contributed by atoms with E-state index in [4.69, 9.17) is 18.0 Å². The van der Waals surface area contributed by atoms with Gasteiger partial charge in [-0.25, -0.2) is 0 Å². The van der Waals surface area contributed by atoms with E-state index in [1.807, 2.05) is 17.0 Å². The van der Waals surface area contributed by atoms with Crippen molar-refractivity contribution in [2.45, 2.75) is 38.6 Å². The van der Waals surface area contributed by atoms with Crippen LogP contribution in [0.1, 0.15) is 30.4 Å². The summed E-state index contributed by atoms with van der Waals surface area (Å²) in [4.78, 5) is 14.5. The number of likely N-dealkylation sites (tertiary alicyclic amines) is 1. The van der Waals surface area contributed by atoms with E-state index in [-0.39, 0.29) is 11.9 Å². The van der Waals surface area contributed by atoms with Gasteiger partial charge in [-0.1, -0.05) is 36.5 Å². The summed E-state index contributed by atoms with van der Waals surface area (Å²) in [7, 11) is 0. The quantitative estimate of drug-likeness (QED) is 0.858. The molecule has 1 aliphatic rings. The smallest absolute Gasteiger partial charge is 0.223 e. The molecule has 1 fully saturated rings. The fourth-order valence-electron chi connectivity index (χ4n) is 2.64. The number of nitrogens with two attached hydrogens (primary N) is 1. The summed E-state index contributed by atoms with van der Waals surface area (Å²) in [5.41, 5.74) is 8.17. The molecule has 2 rings (SSSR count). The molecule has 0 saturated carbocycles. The highest BCUT2D eigenvalue weighted by atomic mass is 32.1. The number of thiocarbonyl (C=S) groups is 1. The fourth-order valence-corrected chi connectivity index (χ4v) is 2.88. The van der Waals surface area contributed by atoms with Crippen LogP contribution in [0.25, 0.3) is 0 Å². The van der Waals surface area contributed by atoms with Gasteiger partial charge in [0, 0.05) is 13.0 Å². The predicted molar refractivity (Wildman–Crippen MR) is 81.0 cm³/mol. The van der Waals surface area contributed by atoms with Crippen molar-refractivity contribution in [3.63, 3.8) is 0 Å². The van der Waals surface area contributed by atoms with Crippen molar-refractivity contribution in [1.82, 2.24) is 4.90 Å². The summed E-state index contributed by atoms with van der Waals surface area (Å²) in [6.45, 7) is 2.86. The summed E-state index contributed by atoms with van der Waals surface area (Å²) in [5, 5.41) is 0. The van der Waals surface area contributed by atoms with Gasteiger partial charge in [0.05, 0.1) is 11.0 Å². The Kier molecular flexibility index (Phi) is 4.53. The number of hydrogen-bond acceptors (Lipinski definition) is 2. The lowest BCUT2D eigenvalue weighted by Gasteiger charge is -2.23. The zero-order valence-corrected chi connectivity index (χ0v) is 12.1. The SMILES string of the molecule is Cc1ccccc1CCC(=O)N1CCCC1C(N)=S. The maximum absolute atomic E-state index is 12.3. The van der Waals surface area contributed by atoms with Crippen molar-refractivity contribution in [1.29, 1.82) is 0 Å². The van der Waals surface area contributed by atoms with Gasteiger partial charge in [-0.2, -0.15) is 0 Å². The molecular weight excluding hydrogens is 256 g/mol. The van der Waals surface area contributed by atoms with Gasteiger partial charge in [-0.05, 0) is 37.3 Å². The number of rotatable bonds is 4. The lowest BCUT2D eigenvalue weighted by atomic mass is 10.0. The topological polar surface area (TPSA) is 46.3 Å². The molecule has 3 nitrogen and oxygen atoms in total. The first-order chi connectivity index (χ1) is 9.09. The summed E-state index contributed by atoms with van der Waals surface area (Å²) in [5.74, 6) is 0.165. The molecule has 0 spiro atoms. The minimum atomic E-state index is -0.0284. The van der Waals surface area contributed by atoms with Crippen LogP contribution in [-0.4, -0.2) is 28.4 Å². The molecule has 1 unspecified atom stereocenters. The van der Waals surface area contributed by atoms with E-state index in [1.54, 1.807) is 0 Å². The van der Waals surface area contributed by atoms with Gasteiger partial charge in [0.2, 0.25) is 5.91 Å². The molecule has 1 aromatic carbocycles. The Morgan fingerprint density at radius 1 is 1.47 bits per heavy atom. The van der Waals surface area contributed by atoms with E-state index in [9.17, 15) is 4.79 Å². The predicted octanol–water partition coefficient (Wildman–Crippen LogP) is 2.20. The molecule has 19 heavy (non-hydrogen) atoms. The van der Waals surface area contributed by atoms with Crippen molar-refractivity contribution in [2.24, 2.45) is 5.73 Å². The van der Waals surface area contributed by atoms with Crippen molar-refractivity contribution < 1.29 is 4.79 Å². The van der Waals surface area contributed by atoms with Crippen LogP contribution in [0, 0.1) is 6.92 Å². The summed E-state index contributed by atoms with van der Waals surface area (Å²) < 4.78 is 0. The van der Waals surface area contributed by atoms with E-state index < -0.39 is 0 Å². The largest absolute Gasteiger partial charge is 0.392 e. The normalized spacial score (nSPS) is 18.6. The Morgan fingerprint density at radius 3 is 2.89 bits per heavy atom. The molecule has 1 aliphatic heterocycles. The molecule has 1 atom stereocenters. The Bertz CT molecular complexity index is 487. The Labute approximate surface area is 119 Å². The Balaban J connectivity index is 1.95. The van der Waals surface area contributed by atoms with Crippen LogP contribution >= 0.6 is 12.2 Å². The first-order valence-corrected chi connectivity index (χ1v) is 7.13. The molecule has 2 N–H and O–H groups in total. The first-order valence-electron chi connectivity index (χ1n) is 6.73. The number of benzene rings is 1. The second kappa shape index (κ2) is 6.15. The second-order valence-electron chi connectivity index (χ2n) is 5.07. The summed E-state index contributed by atoms with van der Waals surface area (Å²) >= 11 is 5.03. The van der Waals surface area contributed by atoms with E-state index in [0.29, 0.717) is 11.4 Å². The number of aryl methyl sites for hydroxylation is 2. The number of carbonyl (C=O) groups is 1.